The van der Waals surface area contributed by atoms with Gasteiger partial charge in [0.15, 0.2) is 0 Å². The third kappa shape index (κ3) is 3.32. The molecule has 1 amide bonds. The highest BCUT2D eigenvalue weighted by atomic mass is 16.4. The van der Waals surface area contributed by atoms with Gasteiger partial charge in [0.2, 0.25) is 5.91 Å². The maximum atomic E-state index is 12.6. The molecule has 0 radical (unpaired) electrons. The topological polar surface area (TPSA) is 83.6 Å². The number of hydrogen-bond donors (Lipinski definition) is 2. The molecule has 0 aromatic carbocycles. The second kappa shape index (κ2) is 6.57. The van der Waals surface area contributed by atoms with Gasteiger partial charge >= 0.3 is 5.97 Å². The summed E-state index contributed by atoms with van der Waals surface area (Å²) in [6, 6.07) is -0.630. The van der Waals surface area contributed by atoms with Crippen LogP contribution >= 0.6 is 0 Å². The summed E-state index contributed by atoms with van der Waals surface area (Å²) in [5.74, 6) is -0.882. The minimum atomic E-state index is -0.872. The van der Waals surface area contributed by atoms with Crippen molar-refractivity contribution in [1.82, 2.24) is 4.90 Å². The van der Waals surface area contributed by atoms with Gasteiger partial charge in [-0.05, 0) is 44.1 Å². The Morgan fingerprint density at radius 3 is 2.45 bits per heavy atom. The van der Waals surface area contributed by atoms with Crippen LogP contribution in [0.5, 0.6) is 0 Å². The van der Waals surface area contributed by atoms with E-state index in [1.54, 1.807) is 4.90 Å². The third-order valence-corrected chi connectivity index (χ3v) is 4.98. The zero-order valence-corrected chi connectivity index (χ0v) is 12.1. The minimum Gasteiger partial charge on any atom is -0.480 e. The highest BCUT2D eigenvalue weighted by Gasteiger charge is 2.38. The summed E-state index contributed by atoms with van der Waals surface area (Å²) in [7, 11) is 0. The number of carboxylic acid groups (broad SMARTS) is 1. The lowest BCUT2D eigenvalue weighted by molar-refractivity contribution is -0.153. The number of nitrogens with zero attached hydrogens (tertiary/aromatic N) is 1. The molecule has 0 bridgehead atoms. The van der Waals surface area contributed by atoms with Gasteiger partial charge in [-0.25, -0.2) is 4.79 Å². The van der Waals surface area contributed by atoms with Crippen LogP contribution in [0.4, 0.5) is 0 Å². The SMILES string of the molecule is NCC1(CC(=O)N2CCCC[C@H]2C(=O)O)CCCCC1. The van der Waals surface area contributed by atoms with Gasteiger partial charge in [0.1, 0.15) is 6.04 Å². The summed E-state index contributed by atoms with van der Waals surface area (Å²) in [6.07, 6.45) is 8.29. The Kier molecular flexibility index (Phi) is 5.02. The van der Waals surface area contributed by atoms with E-state index in [1.165, 1.54) is 6.42 Å². The van der Waals surface area contributed by atoms with Crippen molar-refractivity contribution in [3.63, 3.8) is 0 Å². The van der Waals surface area contributed by atoms with Crippen molar-refractivity contribution < 1.29 is 14.7 Å². The predicted octanol–water partition coefficient (Wildman–Crippen LogP) is 1.75. The zero-order chi connectivity index (χ0) is 14.6. The molecule has 0 spiro atoms. The summed E-state index contributed by atoms with van der Waals surface area (Å²) in [6.45, 7) is 1.11. The maximum absolute atomic E-state index is 12.6. The van der Waals surface area contributed by atoms with Crippen LogP contribution in [0.3, 0.4) is 0 Å². The van der Waals surface area contributed by atoms with Crippen LogP contribution in [0.2, 0.25) is 0 Å². The Morgan fingerprint density at radius 1 is 1.15 bits per heavy atom. The van der Waals surface area contributed by atoms with E-state index >= 15 is 0 Å². The average Bonchev–Trinajstić information content (AvgIpc) is 2.48. The molecule has 114 valence electrons. The molecule has 1 aliphatic heterocycles. The molecule has 0 aromatic rings. The number of carboxylic acids is 1. The van der Waals surface area contributed by atoms with Crippen molar-refractivity contribution in [2.75, 3.05) is 13.1 Å². The van der Waals surface area contributed by atoms with E-state index in [4.69, 9.17) is 5.73 Å². The Hall–Kier alpha value is -1.10. The molecular weight excluding hydrogens is 256 g/mol. The minimum absolute atomic E-state index is 0.00977. The standard InChI is InChI=1S/C15H26N2O3/c16-11-15(7-3-1-4-8-15)10-13(18)17-9-5-2-6-12(17)14(19)20/h12H,1-11,16H2,(H,19,20)/t12-/m0/s1. The van der Waals surface area contributed by atoms with Crippen molar-refractivity contribution in [2.45, 2.75) is 63.8 Å². The molecule has 2 rings (SSSR count). The van der Waals surface area contributed by atoms with E-state index in [-0.39, 0.29) is 11.3 Å². The largest absolute Gasteiger partial charge is 0.480 e. The normalized spacial score (nSPS) is 26.2. The number of carbonyl (C=O) groups excluding carboxylic acids is 1. The summed E-state index contributed by atoms with van der Waals surface area (Å²) in [4.78, 5) is 25.4. The quantitative estimate of drug-likeness (QED) is 0.823. The highest BCUT2D eigenvalue weighted by Crippen LogP contribution is 2.39. The summed E-state index contributed by atoms with van der Waals surface area (Å²) in [5.41, 5.74) is 5.84. The van der Waals surface area contributed by atoms with Crippen LogP contribution in [0.1, 0.15) is 57.8 Å². The molecule has 1 saturated heterocycles. The molecule has 0 unspecified atom stereocenters. The van der Waals surface area contributed by atoms with Crippen LogP contribution in [-0.2, 0) is 9.59 Å². The number of carbonyl (C=O) groups is 2. The number of aliphatic carboxylic acids is 1. The first-order valence-electron chi connectivity index (χ1n) is 7.80. The fourth-order valence-corrected chi connectivity index (χ4v) is 3.66. The van der Waals surface area contributed by atoms with E-state index in [9.17, 15) is 14.7 Å². The van der Waals surface area contributed by atoms with E-state index in [0.717, 1.165) is 38.5 Å². The Balaban J connectivity index is 2.03. The molecule has 20 heavy (non-hydrogen) atoms. The highest BCUT2D eigenvalue weighted by molar-refractivity contribution is 5.84. The Morgan fingerprint density at radius 2 is 1.85 bits per heavy atom. The van der Waals surface area contributed by atoms with Gasteiger partial charge in [0, 0.05) is 13.0 Å². The molecule has 5 heteroatoms. The van der Waals surface area contributed by atoms with Crippen molar-refractivity contribution >= 4 is 11.9 Å². The van der Waals surface area contributed by atoms with Crippen LogP contribution in [-0.4, -0.2) is 41.0 Å². The smallest absolute Gasteiger partial charge is 0.326 e. The molecule has 1 heterocycles. The number of nitrogens with two attached hydrogens (primary N) is 1. The van der Waals surface area contributed by atoms with Gasteiger partial charge in [-0.1, -0.05) is 19.3 Å². The van der Waals surface area contributed by atoms with Gasteiger partial charge in [-0.15, -0.1) is 0 Å². The first kappa shape index (κ1) is 15.3. The second-order valence-corrected chi connectivity index (χ2v) is 6.38. The second-order valence-electron chi connectivity index (χ2n) is 6.38. The summed E-state index contributed by atoms with van der Waals surface area (Å²) < 4.78 is 0. The Bertz CT molecular complexity index is 364. The number of piperidine rings is 1. The molecule has 2 aliphatic rings. The van der Waals surface area contributed by atoms with E-state index in [0.29, 0.717) is 25.9 Å². The fraction of sp³-hybridized carbons (Fsp3) is 0.867. The van der Waals surface area contributed by atoms with Crippen molar-refractivity contribution in [2.24, 2.45) is 11.1 Å². The molecule has 1 saturated carbocycles. The van der Waals surface area contributed by atoms with E-state index in [2.05, 4.69) is 0 Å². The van der Waals surface area contributed by atoms with Gasteiger partial charge in [0.05, 0.1) is 0 Å². The lowest BCUT2D eigenvalue weighted by atomic mass is 9.71. The molecule has 2 fully saturated rings. The summed E-state index contributed by atoms with van der Waals surface area (Å²) >= 11 is 0. The van der Waals surface area contributed by atoms with Crippen molar-refractivity contribution in [1.29, 1.82) is 0 Å². The third-order valence-electron chi connectivity index (χ3n) is 4.98. The molecule has 1 aliphatic carbocycles. The number of likely N-dealkylation sites (tertiary alicyclic amines) is 1. The van der Waals surface area contributed by atoms with Crippen LogP contribution in [0.25, 0.3) is 0 Å². The van der Waals surface area contributed by atoms with E-state index in [1.807, 2.05) is 0 Å². The van der Waals surface area contributed by atoms with Gasteiger partial charge in [-0.3, -0.25) is 4.79 Å². The lowest BCUT2D eigenvalue weighted by Crippen LogP contribution is -2.50. The fourth-order valence-electron chi connectivity index (χ4n) is 3.66. The van der Waals surface area contributed by atoms with Gasteiger partial charge < -0.3 is 15.7 Å². The van der Waals surface area contributed by atoms with Crippen molar-refractivity contribution in [3.05, 3.63) is 0 Å². The predicted molar refractivity (Wildman–Crippen MR) is 76.2 cm³/mol. The number of amides is 1. The molecule has 0 aromatic heterocycles. The van der Waals surface area contributed by atoms with Crippen molar-refractivity contribution in [3.8, 4) is 0 Å². The molecule has 5 nitrogen and oxygen atoms in total. The summed E-state index contributed by atoms with van der Waals surface area (Å²) in [5, 5.41) is 9.27. The zero-order valence-electron chi connectivity index (χ0n) is 12.1. The Labute approximate surface area is 120 Å². The first-order valence-corrected chi connectivity index (χ1v) is 7.80. The number of rotatable bonds is 4. The maximum Gasteiger partial charge on any atom is 0.326 e. The van der Waals surface area contributed by atoms with Crippen LogP contribution in [0.15, 0.2) is 0 Å². The van der Waals surface area contributed by atoms with E-state index < -0.39 is 12.0 Å². The molecule has 3 N–H and O–H groups in total. The number of hydrogen-bond acceptors (Lipinski definition) is 3. The lowest BCUT2D eigenvalue weighted by Gasteiger charge is -2.39. The van der Waals surface area contributed by atoms with Crippen LogP contribution < -0.4 is 5.73 Å². The van der Waals surface area contributed by atoms with Gasteiger partial charge in [0.25, 0.3) is 0 Å². The first-order chi connectivity index (χ1) is 9.58. The van der Waals surface area contributed by atoms with Gasteiger partial charge in [-0.2, -0.15) is 0 Å². The van der Waals surface area contributed by atoms with Crippen LogP contribution in [0, 0.1) is 5.41 Å². The monoisotopic (exact) mass is 282 g/mol. The molecule has 1 atom stereocenters. The molecular formula is C15H26N2O3. The average molecular weight is 282 g/mol.